The highest BCUT2D eigenvalue weighted by atomic mass is 16.1. The number of hydrogen-bond acceptors (Lipinski definition) is 2. The summed E-state index contributed by atoms with van der Waals surface area (Å²) in [7, 11) is 0. The van der Waals surface area contributed by atoms with Crippen LogP contribution < -0.4 is 5.32 Å². The first kappa shape index (κ1) is 8.50. The standard InChI is InChI=1S/C10H9N3O/c1-2-9(14)13-8-5-3-4-7-10(8)12-6-11-7/h2-6H,1H2,(H,11,12)(H,13,14). The van der Waals surface area contributed by atoms with Crippen LogP contribution in [0.1, 0.15) is 0 Å². The molecule has 1 aromatic carbocycles. The largest absolute Gasteiger partial charge is 0.345 e. The average Bonchev–Trinajstić information content (AvgIpc) is 2.66. The number of H-pyrrole nitrogens is 1. The Morgan fingerprint density at radius 1 is 1.57 bits per heavy atom. The molecule has 2 N–H and O–H groups in total. The molecule has 1 amide bonds. The van der Waals surface area contributed by atoms with Crippen LogP contribution in [0.4, 0.5) is 5.69 Å². The van der Waals surface area contributed by atoms with Gasteiger partial charge in [0.05, 0.1) is 17.5 Å². The van der Waals surface area contributed by atoms with E-state index < -0.39 is 0 Å². The van der Waals surface area contributed by atoms with Crippen molar-refractivity contribution in [2.45, 2.75) is 0 Å². The number of carbonyl (C=O) groups is 1. The van der Waals surface area contributed by atoms with Crippen LogP contribution in [0.2, 0.25) is 0 Å². The number of anilines is 1. The van der Waals surface area contributed by atoms with Gasteiger partial charge in [-0.1, -0.05) is 12.6 Å². The number of aromatic nitrogens is 2. The third-order valence-corrected chi connectivity index (χ3v) is 1.89. The van der Waals surface area contributed by atoms with Gasteiger partial charge in [0.25, 0.3) is 0 Å². The van der Waals surface area contributed by atoms with Gasteiger partial charge < -0.3 is 10.3 Å². The van der Waals surface area contributed by atoms with Crippen LogP contribution in [0.5, 0.6) is 0 Å². The van der Waals surface area contributed by atoms with Gasteiger partial charge in [-0.05, 0) is 18.2 Å². The summed E-state index contributed by atoms with van der Waals surface area (Å²) in [4.78, 5) is 18.1. The minimum atomic E-state index is -0.236. The maximum absolute atomic E-state index is 11.1. The van der Waals surface area contributed by atoms with E-state index in [0.29, 0.717) is 5.69 Å². The minimum absolute atomic E-state index is 0.236. The second kappa shape index (κ2) is 3.33. The predicted octanol–water partition coefficient (Wildman–Crippen LogP) is 1.69. The Hall–Kier alpha value is -2.10. The van der Waals surface area contributed by atoms with E-state index in [0.717, 1.165) is 11.0 Å². The van der Waals surface area contributed by atoms with Crippen LogP contribution in [0.15, 0.2) is 37.2 Å². The van der Waals surface area contributed by atoms with Gasteiger partial charge in [-0.3, -0.25) is 4.79 Å². The predicted molar refractivity (Wildman–Crippen MR) is 54.9 cm³/mol. The van der Waals surface area contributed by atoms with Gasteiger partial charge in [0.2, 0.25) is 5.91 Å². The van der Waals surface area contributed by atoms with Crippen LogP contribution in [-0.2, 0) is 4.79 Å². The van der Waals surface area contributed by atoms with Crippen molar-refractivity contribution in [3.05, 3.63) is 37.2 Å². The van der Waals surface area contributed by atoms with E-state index in [1.54, 1.807) is 12.4 Å². The van der Waals surface area contributed by atoms with E-state index in [1.807, 2.05) is 12.1 Å². The number of rotatable bonds is 2. The van der Waals surface area contributed by atoms with Crippen LogP contribution in [0.3, 0.4) is 0 Å². The van der Waals surface area contributed by atoms with Crippen molar-refractivity contribution in [1.82, 2.24) is 9.97 Å². The lowest BCUT2D eigenvalue weighted by Crippen LogP contribution is -2.07. The van der Waals surface area contributed by atoms with Gasteiger partial charge in [0, 0.05) is 0 Å². The zero-order valence-electron chi connectivity index (χ0n) is 7.45. The summed E-state index contributed by atoms with van der Waals surface area (Å²) in [5.41, 5.74) is 2.34. The topological polar surface area (TPSA) is 57.8 Å². The summed E-state index contributed by atoms with van der Waals surface area (Å²) in [6.45, 7) is 3.38. The molecule has 0 fully saturated rings. The van der Waals surface area contributed by atoms with Gasteiger partial charge in [0.15, 0.2) is 0 Å². The number of fused-ring (bicyclic) bond motifs is 1. The molecule has 1 heterocycles. The van der Waals surface area contributed by atoms with E-state index in [4.69, 9.17) is 0 Å². The van der Waals surface area contributed by atoms with E-state index >= 15 is 0 Å². The number of benzene rings is 1. The highest BCUT2D eigenvalue weighted by molar-refractivity contribution is 6.04. The summed E-state index contributed by atoms with van der Waals surface area (Å²) in [5.74, 6) is -0.236. The number of para-hydroxylation sites is 1. The molecule has 0 unspecified atom stereocenters. The minimum Gasteiger partial charge on any atom is -0.345 e. The van der Waals surface area contributed by atoms with Crippen LogP contribution in [0, 0.1) is 0 Å². The first-order valence-corrected chi connectivity index (χ1v) is 4.17. The van der Waals surface area contributed by atoms with Gasteiger partial charge in [0.1, 0.15) is 5.52 Å². The number of aromatic amines is 1. The van der Waals surface area contributed by atoms with E-state index in [2.05, 4.69) is 21.9 Å². The molecule has 0 saturated carbocycles. The van der Waals surface area contributed by atoms with E-state index in [-0.39, 0.29) is 5.91 Å². The molecular weight excluding hydrogens is 178 g/mol. The first-order chi connectivity index (χ1) is 6.81. The third kappa shape index (κ3) is 1.37. The van der Waals surface area contributed by atoms with Gasteiger partial charge in [-0.25, -0.2) is 4.98 Å². The number of imidazole rings is 1. The molecule has 0 atom stereocenters. The summed E-state index contributed by atoms with van der Waals surface area (Å²) in [6.07, 6.45) is 2.82. The summed E-state index contributed by atoms with van der Waals surface area (Å²) >= 11 is 0. The fourth-order valence-electron chi connectivity index (χ4n) is 1.25. The van der Waals surface area contributed by atoms with Gasteiger partial charge >= 0.3 is 0 Å². The Kier molecular flexibility index (Phi) is 2.02. The normalized spacial score (nSPS) is 10.0. The maximum atomic E-state index is 11.1. The molecule has 0 aliphatic rings. The molecule has 4 heteroatoms. The summed E-state index contributed by atoms with van der Waals surface area (Å²) < 4.78 is 0. The Bertz CT molecular complexity index is 487. The molecule has 2 rings (SSSR count). The number of hydrogen-bond donors (Lipinski definition) is 2. The highest BCUT2D eigenvalue weighted by Crippen LogP contribution is 2.19. The van der Waals surface area contributed by atoms with Crippen LogP contribution >= 0.6 is 0 Å². The highest BCUT2D eigenvalue weighted by Gasteiger charge is 2.03. The van der Waals surface area contributed by atoms with Crippen molar-refractivity contribution in [3.8, 4) is 0 Å². The van der Waals surface area contributed by atoms with Crippen molar-refractivity contribution in [2.24, 2.45) is 0 Å². The maximum Gasteiger partial charge on any atom is 0.247 e. The number of carbonyl (C=O) groups excluding carboxylic acids is 1. The Labute approximate surface area is 80.7 Å². The smallest absolute Gasteiger partial charge is 0.247 e. The molecule has 0 saturated heterocycles. The van der Waals surface area contributed by atoms with Crippen molar-refractivity contribution in [3.63, 3.8) is 0 Å². The van der Waals surface area contributed by atoms with Gasteiger partial charge in [-0.2, -0.15) is 0 Å². The van der Waals surface area contributed by atoms with Gasteiger partial charge in [-0.15, -0.1) is 0 Å². The monoisotopic (exact) mass is 187 g/mol. The van der Waals surface area contributed by atoms with Crippen molar-refractivity contribution in [2.75, 3.05) is 5.32 Å². The van der Waals surface area contributed by atoms with Crippen LogP contribution in [-0.4, -0.2) is 15.9 Å². The van der Waals surface area contributed by atoms with Crippen LogP contribution in [0.25, 0.3) is 11.0 Å². The zero-order valence-corrected chi connectivity index (χ0v) is 7.45. The molecule has 0 bridgehead atoms. The average molecular weight is 187 g/mol. The lowest BCUT2D eigenvalue weighted by atomic mass is 10.2. The molecule has 14 heavy (non-hydrogen) atoms. The fourth-order valence-corrected chi connectivity index (χ4v) is 1.25. The number of nitrogens with one attached hydrogen (secondary N) is 2. The molecule has 0 aliphatic heterocycles. The summed E-state index contributed by atoms with van der Waals surface area (Å²) in [6, 6.07) is 5.54. The molecule has 1 aromatic heterocycles. The number of nitrogens with zero attached hydrogens (tertiary/aromatic N) is 1. The van der Waals surface area contributed by atoms with Crippen molar-refractivity contribution in [1.29, 1.82) is 0 Å². The lowest BCUT2D eigenvalue weighted by molar-refractivity contribution is -0.111. The first-order valence-electron chi connectivity index (χ1n) is 4.17. The van der Waals surface area contributed by atoms with Crippen molar-refractivity contribution >= 4 is 22.6 Å². The zero-order chi connectivity index (χ0) is 9.97. The Morgan fingerprint density at radius 2 is 2.43 bits per heavy atom. The Balaban J connectivity index is 2.46. The quantitative estimate of drug-likeness (QED) is 0.703. The molecule has 4 nitrogen and oxygen atoms in total. The van der Waals surface area contributed by atoms with E-state index in [9.17, 15) is 4.79 Å². The third-order valence-electron chi connectivity index (χ3n) is 1.89. The lowest BCUT2D eigenvalue weighted by Gasteiger charge is -2.01. The molecule has 70 valence electrons. The molecule has 0 aliphatic carbocycles. The second-order valence-corrected chi connectivity index (χ2v) is 2.80. The molecule has 0 spiro atoms. The van der Waals surface area contributed by atoms with Crippen molar-refractivity contribution < 1.29 is 4.79 Å². The summed E-state index contributed by atoms with van der Waals surface area (Å²) in [5, 5.41) is 2.68. The molecule has 2 aromatic rings. The Morgan fingerprint density at radius 3 is 3.21 bits per heavy atom. The second-order valence-electron chi connectivity index (χ2n) is 2.80. The molecule has 0 radical (unpaired) electrons. The number of amides is 1. The molecular formula is C10H9N3O. The SMILES string of the molecule is C=CC(=O)Nc1cccc2[nH]cnc12. The van der Waals surface area contributed by atoms with E-state index in [1.165, 1.54) is 6.08 Å². The fraction of sp³-hybridized carbons (Fsp3) is 0.